The normalized spacial score (nSPS) is 18.6. The van der Waals surface area contributed by atoms with Crippen LogP contribution in [-0.2, 0) is 21.5 Å². The highest BCUT2D eigenvalue weighted by atomic mass is 19.1. The van der Waals surface area contributed by atoms with Crippen LogP contribution < -0.4 is 10.6 Å². The predicted molar refractivity (Wildman–Crippen MR) is 106 cm³/mol. The zero-order chi connectivity index (χ0) is 20.9. The largest absolute Gasteiger partial charge is 0.355 e. The molecule has 0 unspecified atom stereocenters. The van der Waals surface area contributed by atoms with Crippen LogP contribution in [0.4, 0.5) is 9.18 Å². The van der Waals surface area contributed by atoms with Gasteiger partial charge < -0.3 is 10.6 Å². The molecule has 2 aromatic carbocycles. The molecule has 3 rings (SSSR count). The number of imide groups is 1. The molecule has 152 valence electrons. The molecule has 2 N–H and O–H groups in total. The fourth-order valence-corrected chi connectivity index (χ4v) is 3.51. The molecule has 0 saturated carbocycles. The van der Waals surface area contributed by atoms with E-state index in [2.05, 4.69) is 10.6 Å². The Morgan fingerprint density at radius 3 is 2.45 bits per heavy atom. The van der Waals surface area contributed by atoms with Crippen molar-refractivity contribution in [2.45, 2.75) is 31.7 Å². The first-order valence-corrected chi connectivity index (χ1v) is 9.67. The summed E-state index contributed by atoms with van der Waals surface area (Å²) in [5.74, 6) is -1.33. The number of urea groups is 1. The van der Waals surface area contributed by atoms with Crippen LogP contribution in [0.15, 0.2) is 54.6 Å². The minimum atomic E-state index is -1.28. The van der Waals surface area contributed by atoms with Crippen LogP contribution in [0.1, 0.15) is 30.9 Å². The van der Waals surface area contributed by atoms with Crippen LogP contribution >= 0.6 is 0 Å². The lowest BCUT2D eigenvalue weighted by Crippen LogP contribution is -2.45. The van der Waals surface area contributed by atoms with Gasteiger partial charge in [0.05, 0.1) is 0 Å². The van der Waals surface area contributed by atoms with E-state index in [1.165, 1.54) is 29.8 Å². The number of rotatable bonds is 8. The summed E-state index contributed by atoms with van der Waals surface area (Å²) in [7, 11) is 0. The molecule has 1 aliphatic rings. The molecule has 1 saturated heterocycles. The number of nitrogens with one attached hydrogen (secondary N) is 2. The van der Waals surface area contributed by atoms with Crippen LogP contribution in [0.2, 0.25) is 0 Å². The summed E-state index contributed by atoms with van der Waals surface area (Å²) in [6.45, 7) is 1.86. The summed E-state index contributed by atoms with van der Waals surface area (Å²) < 4.78 is 13.2. The van der Waals surface area contributed by atoms with E-state index in [1.807, 2.05) is 30.3 Å². The van der Waals surface area contributed by atoms with Crippen molar-refractivity contribution in [3.05, 3.63) is 71.5 Å². The number of aryl methyl sites for hydroxylation is 1. The Bertz CT molecular complexity index is 886. The van der Waals surface area contributed by atoms with Crippen LogP contribution in [0.25, 0.3) is 0 Å². The molecule has 0 bridgehead atoms. The minimum absolute atomic E-state index is 0.290. The molecule has 1 heterocycles. The third-order valence-corrected chi connectivity index (χ3v) is 5.15. The van der Waals surface area contributed by atoms with Gasteiger partial charge in [0.1, 0.15) is 17.9 Å². The summed E-state index contributed by atoms with van der Waals surface area (Å²) >= 11 is 0. The van der Waals surface area contributed by atoms with Crippen molar-refractivity contribution in [1.82, 2.24) is 15.5 Å². The Balaban J connectivity index is 1.57. The topological polar surface area (TPSA) is 78.5 Å². The number of hydrogen-bond acceptors (Lipinski definition) is 3. The first-order chi connectivity index (χ1) is 14.0. The van der Waals surface area contributed by atoms with Gasteiger partial charge in [0, 0.05) is 6.54 Å². The number of halogens is 1. The summed E-state index contributed by atoms with van der Waals surface area (Å²) in [4.78, 5) is 38.5. The molecule has 29 heavy (non-hydrogen) atoms. The molecule has 0 spiro atoms. The van der Waals surface area contributed by atoms with Crippen molar-refractivity contribution in [2.75, 3.05) is 13.1 Å². The highest BCUT2D eigenvalue weighted by molar-refractivity contribution is 6.09. The number of carbonyl (C=O) groups is 3. The fraction of sp³-hybridized carbons (Fsp3) is 0.318. The van der Waals surface area contributed by atoms with Gasteiger partial charge in [-0.3, -0.25) is 14.5 Å². The number of amides is 4. The molecule has 0 aliphatic carbocycles. The van der Waals surface area contributed by atoms with Crippen molar-refractivity contribution >= 4 is 17.8 Å². The zero-order valence-electron chi connectivity index (χ0n) is 16.3. The zero-order valence-corrected chi connectivity index (χ0v) is 16.3. The molecule has 6 nitrogen and oxygen atoms in total. The number of benzene rings is 2. The Kier molecular flexibility index (Phi) is 6.26. The lowest BCUT2D eigenvalue weighted by atomic mass is 9.87. The third-order valence-electron chi connectivity index (χ3n) is 5.15. The van der Waals surface area contributed by atoms with Gasteiger partial charge in [-0.1, -0.05) is 49.4 Å². The molecular formula is C22H24FN3O3. The van der Waals surface area contributed by atoms with Gasteiger partial charge >= 0.3 is 6.03 Å². The molecule has 4 amide bonds. The SMILES string of the molecule is CC[C@]1(c2ccc(F)cc2)NC(=O)N(CC(=O)NCCCc2ccccc2)C1=O. The second-order valence-corrected chi connectivity index (χ2v) is 7.03. The van der Waals surface area contributed by atoms with Crippen LogP contribution in [0.3, 0.4) is 0 Å². The average Bonchev–Trinajstić information content (AvgIpc) is 2.97. The maximum Gasteiger partial charge on any atom is 0.325 e. The molecule has 0 aromatic heterocycles. The molecule has 1 aliphatic heterocycles. The first kappa shape index (κ1) is 20.5. The van der Waals surface area contributed by atoms with E-state index in [4.69, 9.17) is 0 Å². The first-order valence-electron chi connectivity index (χ1n) is 9.67. The summed E-state index contributed by atoms with van der Waals surface area (Å²) in [5.41, 5.74) is 0.395. The number of nitrogens with zero attached hydrogens (tertiary/aromatic N) is 1. The third kappa shape index (κ3) is 4.45. The van der Waals surface area contributed by atoms with Gasteiger partial charge in [-0.15, -0.1) is 0 Å². The van der Waals surface area contributed by atoms with Crippen molar-refractivity contribution in [2.24, 2.45) is 0 Å². The second kappa shape index (κ2) is 8.86. The Morgan fingerprint density at radius 2 is 1.79 bits per heavy atom. The van der Waals surface area contributed by atoms with Crippen LogP contribution in [-0.4, -0.2) is 35.8 Å². The quantitative estimate of drug-likeness (QED) is 0.531. The Hall–Kier alpha value is -3.22. The van der Waals surface area contributed by atoms with E-state index in [1.54, 1.807) is 6.92 Å². The van der Waals surface area contributed by atoms with Gasteiger partial charge in [0.25, 0.3) is 5.91 Å². The van der Waals surface area contributed by atoms with E-state index in [9.17, 15) is 18.8 Å². The van der Waals surface area contributed by atoms with Crippen molar-refractivity contribution < 1.29 is 18.8 Å². The molecule has 1 fully saturated rings. The summed E-state index contributed by atoms with van der Waals surface area (Å²) in [5, 5.41) is 5.43. The van der Waals surface area contributed by atoms with Gasteiger partial charge in [-0.05, 0) is 42.5 Å². The fourth-order valence-electron chi connectivity index (χ4n) is 3.51. The standard InChI is InChI=1S/C22H24FN3O3/c1-2-22(17-10-12-18(23)13-11-17)20(28)26(21(29)25-22)15-19(27)24-14-6-9-16-7-4-3-5-8-16/h3-5,7-8,10-13H,2,6,9,14-15H2,1H3,(H,24,27)(H,25,29)/t22-/m1/s1. The molecule has 1 atom stereocenters. The highest BCUT2D eigenvalue weighted by Crippen LogP contribution is 2.32. The molecule has 0 radical (unpaired) electrons. The lowest BCUT2D eigenvalue weighted by molar-refractivity contribution is -0.135. The van der Waals surface area contributed by atoms with E-state index >= 15 is 0 Å². The maximum atomic E-state index is 13.2. The van der Waals surface area contributed by atoms with E-state index < -0.39 is 29.2 Å². The minimum Gasteiger partial charge on any atom is -0.355 e. The summed E-state index contributed by atoms with van der Waals surface area (Å²) in [6.07, 6.45) is 1.87. The van der Waals surface area contributed by atoms with Gasteiger partial charge in [0.2, 0.25) is 5.91 Å². The van der Waals surface area contributed by atoms with Gasteiger partial charge in [-0.25, -0.2) is 9.18 Å². The van der Waals surface area contributed by atoms with Crippen LogP contribution in [0.5, 0.6) is 0 Å². The Labute approximate surface area is 169 Å². The van der Waals surface area contributed by atoms with E-state index in [0.29, 0.717) is 18.5 Å². The van der Waals surface area contributed by atoms with Crippen molar-refractivity contribution in [3.63, 3.8) is 0 Å². The molecule has 2 aromatic rings. The molecule has 7 heteroatoms. The highest BCUT2D eigenvalue weighted by Gasteiger charge is 2.51. The Morgan fingerprint density at radius 1 is 1.10 bits per heavy atom. The van der Waals surface area contributed by atoms with E-state index in [-0.39, 0.29) is 6.54 Å². The second-order valence-electron chi connectivity index (χ2n) is 7.03. The molecular weight excluding hydrogens is 373 g/mol. The predicted octanol–water partition coefficient (Wildman–Crippen LogP) is 2.73. The average molecular weight is 397 g/mol. The number of carbonyl (C=O) groups excluding carboxylic acids is 3. The van der Waals surface area contributed by atoms with Gasteiger partial charge in [-0.2, -0.15) is 0 Å². The van der Waals surface area contributed by atoms with Crippen molar-refractivity contribution in [3.8, 4) is 0 Å². The van der Waals surface area contributed by atoms with Crippen LogP contribution in [0, 0.1) is 5.82 Å². The van der Waals surface area contributed by atoms with Gasteiger partial charge in [0.15, 0.2) is 0 Å². The van der Waals surface area contributed by atoms with Crippen molar-refractivity contribution in [1.29, 1.82) is 0 Å². The lowest BCUT2D eigenvalue weighted by Gasteiger charge is -2.25. The number of hydrogen-bond donors (Lipinski definition) is 2. The summed E-state index contributed by atoms with van der Waals surface area (Å²) in [6, 6.07) is 14.7. The maximum absolute atomic E-state index is 13.2. The smallest absolute Gasteiger partial charge is 0.325 e. The monoisotopic (exact) mass is 397 g/mol. The van der Waals surface area contributed by atoms with E-state index in [0.717, 1.165) is 17.7 Å².